The minimum absolute atomic E-state index is 0.494. The minimum Gasteiger partial charge on any atom is -0.489 e. The van der Waals surface area contributed by atoms with Crippen molar-refractivity contribution in [1.29, 1.82) is 0 Å². The van der Waals surface area contributed by atoms with Crippen molar-refractivity contribution in [3.05, 3.63) is 22.2 Å². The second kappa shape index (κ2) is 4.39. The van der Waals surface area contributed by atoms with Crippen LogP contribution in [-0.4, -0.2) is 13.2 Å². The standard InChI is InChI=1S/C13H18ClNO2/c1-8-11(13(2,3)15)9(14)7-10-12(8)17-6-4-5-16-10/h7H,4-6,15H2,1-3H3. The van der Waals surface area contributed by atoms with Gasteiger partial charge in [-0.3, -0.25) is 0 Å². The maximum Gasteiger partial charge on any atom is 0.164 e. The van der Waals surface area contributed by atoms with Crippen LogP contribution in [0.2, 0.25) is 5.02 Å². The smallest absolute Gasteiger partial charge is 0.164 e. The van der Waals surface area contributed by atoms with Crippen LogP contribution in [0.25, 0.3) is 0 Å². The summed E-state index contributed by atoms with van der Waals surface area (Å²) in [5.74, 6) is 1.50. The Labute approximate surface area is 107 Å². The van der Waals surface area contributed by atoms with E-state index in [9.17, 15) is 0 Å². The molecular weight excluding hydrogens is 238 g/mol. The van der Waals surface area contributed by atoms with Crippen molar-refractivity contribution in [3.63, 3.8) is 0 Å². The Morgan fingerprint density at radius 3 is 2.59 bits per heavy atom. The summed E-state index contributed by atoms with van der Waals surface area (Å²) in [5.41, 5.74) is 7.55. The van der Waals surface area contributed by atoms with Crippen LogP contribution in [0.5, 0.6) is 11.5 Å². The molecule has 3 nitrogen and oxygen atoms in total. The number of fused-ring (bicyclic) bond motifs is 1. The molecule has 0 spiro atoms. The number of benzene rings is 1. The van der Waals surface area contributed by atoms with E-state index in [4.69, 9.17) is 26.8 Å². The lowest BCUT2D eigenvalue weighted by Gasteiger charge is -2.25. The Morgan fingerprint density at radius 1 is 1.29 bits per heavy atom. The number of ether oxygens (including phenoxy) is 2. The van der Waals surface area contributed by atoms with E-state index in [2.05, 4.69) is 0 Å². The quantitative estimate of drug-likeness (QED) is 0.839. The maximum atomic E-state index is 6.29. The molecule has 0 aromatic heterocycles. The highest BCUT2D eigenvalue weighted by molar-refractivity contribution is 6.31. The van der Waals surface area contributed by atoms with E-state index in [0.29, 0.717) is 18.2 Å². The Balaban J connectivity index is 2.61. The molecule has 1 aromatic rings. The van der Waals surface area contributed by atoms with E-state index >= 15 is 0 Å². The van der Waals surface area contributed by atoms with Gasteiger partial charge in [0.2, 0.25) is 0 Å². The number of hydrogen-bond acceptors (Lipinski definition) is 3. The van der Waals surface area contributed by atoms with Crippen molar-refractivity contribution in [2.75, 3.05) is 13.2 Å². The van der Waals surface area contributed by atoms with E-state index in [1.54, 1.807) is 6.07 Å². The van der Waals surface area contributed by atoms with E-state index in [0.717, 1.165) is 29.0 Å². The summed E-state index contributed by atoms with van der Waals surface area (Å²) in [4.78, 5) is 0. The Hall–Kier alpha value is -0.930. The van der Waals surface area contributed by atoms with Gasteiger partial charge in [0, 0.05) is 28.6 Å². The Bertz CT molecular complexity index is 438. The molecular formula is C13H18ClNO2. The second-order valence-electron chi connectivity index (χ2n) is 4.96. The first kappa shape index (κ1) is 12.5. The largest absolute Gasteiger partial charge is 0.489 e. The lowest BCUT2D eigenvalue weighted by molar-refractivity contribution is 0.296. The first-order valence-electron chi connectivity index (χ1n) is 5.79. The van der Waals surface area contributed by atoms with Gasteiger partial charge in [0.05, 0.1) is 13.2 Å². The van der Waals surface area contributed by atoms with Crippen LogP contribution in [0.1, 0.15) is 31.4 Å². The molecule has 0 aliphatic carbocycles. The molecule has 0 radical (unpaired) electrons. The van der Waals surface area contributed by atoms with Gasteiger partial charge in [-0.25, -0.2) is 0 Å². The predicted octanol–water partition coefficient (Wildman–Crippen LogP) is 3.00. The summed E-state index contributed by atoms with van der Waals surface area (Å²) in [6, 6.07) is 1.80. The molecule has 1 heterocycles. The van der Waals surface area contributed by atoms with Crippen molar-refractivity contribution >= 4 is 11.6 Å². The molecule has 0 amide bonds. The third-order valence-electron chi connectivity index (χ3n) is 2.87. The molecule has 0 bridgehead atoms. The summed E-state index contributed by atoms with van der Waals surface area (Å²) >= 11 is 6.29. The summed E-state index contributed by atoms with van der Waals surface area (Å²) < 4.78 is 11.4. The molecule has 0 atom stereocenters. The zero-order valence-electron chi connectivity index (χ0n) is 10.5. The number of halogens is 1. The van der Waals surface area contributed by atoms with Crippen LogP contribution in [0.15, 0.2) is 6.07 Å². The highest BCUT2D eigenvalue weighted by atomic mass is 35.5. The molecule has 17 heavy (non-hydrogen) atoms. The average Bonchev–Trinajstić information content (AvgIpc) is 2.40. The molecule has 0 fully saturated rings. The molecule has 2 N–H and O–H groups in total. The molecule has 94 valence electrons. The van der Waals surface area contributed by atoms with E-state index in [1.165, 1.54) is 0 Å². The third kappa shape index (κ3) is 2.35. The van der Waals surface area contributed by atoms with Gasteiger partial charge in [0.15, 0.2) is 11.5 Å². The Morgan fingerprint density at radius 2 is 1.94 bits per heavy atom. The number of nitrogens with two attached hydrogens (primary N) is 1. The van der Waals surface area contributed by atoms with Crippen molar-refractivity contribution in [2.45, 2.75) is 32.7 Å². The van der Waals surface area contributed by atoms with Crippen molar-refractivity contribution in [3.8, 4) is 11.5 Å². The van der Waals surface area contributed by atoms with E-state index in [-0.39, 0.29) is 0 Å². The van der Waals surface area contributed by atoms with Crippen LogP contribution in [0.4, 0.5) is 0 Å². The van der Waals surface area contributed by atoms with Gasteiger partial charge >= 0.3 is 0 Å². The van der Waals surface area contributed by atoms with Crippen LogP contribution < -0.4 is 15.2 Å². The fourth-order valence-electron chi connectivity index (χ4n) is 2.22. The molecule has 4 heteroatoms. The molecule has 0 saturated heterocycles. The SMILES string of the molecule is Cc1c2c(cc(Cl)c1C(C)(C)N)OCCCO2. The fourth-order valence-corrected chi connectivity index (χ4v) is 2.71. The van der Waals surface area contributed by atoms with Crippen molar-refractivity contribution < 1.29 is 9.47 Å². The van der Waals surface area contributed by atoms with Gasteiger partial charge < -0.3 is 15.2 Å². The highest BCUT2D eigenvalue weighted by Gasteiger charge is 2.26. The molecule has 1 aliphatic heterocycles. The van der Waals surface area contributed by atoms with E-state index in [1.807, 2.05) is 20.8 Å². The van der Waals surface area contributed by atoms with Gasteiger partial charge in [-0.2, -0.15) is 0 Å². The van der Waals surface area contributed by atoms with E-state index < -0.39 is 5.54 Å². The number of rotatable bonds is 1. The van der Waals surface area contributed by atoms with Crippen LogP contribution in [0, 0.1) is 6.92 Å². The van der Waals surface area contributed by atoms with Gasteiger partial charge in [-0.05, 0) is 26.3 Å². The fraction of sp³-hybridized carbons (Fsp3) is 0.538. The van der Waals surface area contributed by atoms with Gasteiger partial charge in [0.25, 0.3) is 0 Å². The lowest BCUT2D eigenvalue weighted by Crippen LogP contribution is -2.30. The molecule has 1 aromatic carbocycles. The molecule has 2 rings (SSSR count). The van der Waals surface area contributed by atoms with Gasteiger partial charge in [-0.15, -0.1) is 0 Å². The third-order valence-corrected chi connectivity index (χ3v) is 3.17. The topological polar surface area (TPSA) is 44.5 Å². The average molecular weight is 256 g/mol. The monoisotopic (exact) mass is 255 g/mol. The first-order valence-corrected chi connectivity index (χ1v) is 6.17. The first-order chi connectivity index (χ1) is 7.91. The zero-order chi connectivity index (χ0) is 12.6. The van der Waals surface area contributed by atoms with Crippen molar-refractivity contribution in [2.24, 2.45) is 5.73 Å². The highest BCUT2D eigenvalue weighted by Crippen LogP contribution is 2.42. The zero-order valence-corrected chi connectivity index (χ0v) is 11.2. The predicted molar refractivity (Wildman–Crippen MR) is 69.0 cm³/mol. The number of hydrogen-bond donors (Lipinski definition) is 1. The lowest BCUT2D eigenvalue weighted by atomic mass is 9.90. The van der Waals surface area contributed by atoms with Gasteiger partial charge in [0.1, 0.15) is 0 Å². The maximum absolute atomic E-state index is 6.29. The second-order valence-corrected chi connectivity index (χ2v) is 5.37. The minimum atomic E-state index is -0.494. The summed E-state index contributed by atoms with van der Waals surface area (Å²) in [5, 5.41) is 0.638. The summed E-state index contributed by atoms with van der Waals surface area (Å²) in [6.07, 6.45) is 0.882. The molecule has 0 unspecified atom stereocenters. The summed E-state index contributed by atoms with van der Waals surface area (Å²) in [7, 11) is 0. The van der Waals surface area contributed by atoms with Gasteiger partial charge in [-0.1, -0.05) is 11.6 Å². The van der Waals surface area contributed by atoms with Crippen LogP contribution in [0.3, 0.4) is 0 Å². The van der Waals surface area contributed by atoms with Crippen LogP contribution >= 0.6 is 11.6 Å². The van der Waals surface area contributed by atoms with Crippen molar-refractivity contribution in [1.82, 2.24) is 0 Å². The molecule has 1 aliphatic rings. The Kier molecular flexibility index (Phi) is 3.23. The normalized spacial score (nSPS) is 15.6. The van der Waals surface area contributed by atoms with Crippen LogP contribution in [-0.2, 0) is 5.54 Å². The molecule has 0 saturated carbocycles. The summed E-state index contributed by atoms with van der Waals surface area (Å²) in [6.45, 7) is 7.17.